The average Bonchev–Trinajstić information content (AvgIpc) is 2.57. The zero-order valence-corrected chi connectivity index (χ0v) is 9.50. The third kappa shape index (κ3) is 1.70. The van der Waals surface area contributed by atoms with Gasteiger partial charge < -0.3 is 4.52 Å². The molecular weight excluding hydrogens is 244 g/mol. The summed E-state index contributed by atoms with van der Waals surface area (Å²) in [6, 6.07) is 6.06. The SMILES string of the molecule is Cc1ccc(-c2nc(Br)no2)cc1C. The Labute approximate surface area is 90.3 Å². The molecule has 0 bridgehead atoms. The van der Waals surface area contributed by atoms with Crippen molar-refractivity contribution in [3.05, 3.63) is 34.1 Å². The molecule has 0 aliphatic carbocycles. The molecule has 0 radical (unpaired) electrons. The summed E-state index contributed by atoms with van der Waals surface area (Å²) in [4.78, 5) is 4.09. The number of aromatic nitrogens is 2. The zero-order valence-electron chi connectivity index (χ0n) is 7.91. The molecule has 1 aromatic heterocycles. The molecular formula is C10H9BrN2O. The van der Waals surface area contributed by atoms with Crippen molar-refractivity contribution in [3.63, 3.8) is 0 Å². The van der Waals surface area contributed by atoms with Crippen molar-refractivity contribution < 1.29 is 4.52 Å². The first-order chi connectivity index (χ1) is 6.66. The Balaban J connectivity index is 2.47. The highest BCUT2D eigenvalue weighted by molar-refractivity contribution is 9.10. The van der Waals surface area contributed by atoms with E-state index in [9.17, 15) is 0 Å². The van der Waals surface area contributed by atoms with Crippen molar-refractivity contribution in [2.24, 2.45) is 0 Å². The second kappa shape index (κ2) is 3.53. The first-order valence-electron chi connectivity index (χ1n) is 4.23. The Morgan fingerprint density at radius 1 is 1.21 bits per heavy atom. The molecule has 1 heterocycles. The average molecular weight is 253 g/mol. The summed E-state index contributed by atoms with van der Waals surface area (Å²) < 4.78 is 5.51. The molecule has 0 aliphatic heterocycles. The molecule has 72 valence electrons. The lowest BCUT2D eigenvalue weighted by Gasteiger charge is -2.00. The Morgan fingerprint density at radius 2 is 2.00 bits per heavy atom. The molecule has 14 heavy (non-hydrogen) atoms. The summed E-state index contributed by atoms with van der Waals surface area (Å²) in [7, 11) is 0. The van der Waals surface area contributed by atoms with Gasteiger partial charge in [0, 0.05) is 5.56 Å². The van der Waals surface area contributed by atoms with Crippen molar-refractivity contribution in [2.45, 2.75) is 13.8 Å². The van der Waals surface area contributed by atoms with Gasteiger partial charge in [0.1, 0.15) is 0 Å². The third-order valence-electron chi connectivity index (χ3n) is 2.16. The van der Waals surface area contributed by atoms with Gasteiger partial charge in [0.15, 0.2) is 0 Å². The molecule has 3 nitrogen and oxygen atoms in total. The van der Waals surface area contributed by atoms with Crippen LogP contribution in [0.2, 0.25) is 0 Å². The van der Waals surface area contributed by atoms with Crippen LogP contribution in [-0.2, 0) is 0 Å². The molecule has 0 N–H and O–H groups in total. The van der Waals surface area contributed by atoms with E-state index in [4.69, 9.17) is 4.52 Å². The van der Waals surface area contributed by atoms with E-state index in [1.807, 2.05) is 18.2 Å². The van der Waals surface area contributed by atoms with Gasteiger partial charge in [-0.3, -0.25) is 0 Å². The quantitative estimate of drug-likeness (QED) is 0.783. The highest BCUT2D eigenvalue weighted by Crippen LogP contribution is 2.21. The van der Waals surface area contributed by atoms with Gasteiger partial charge >= 0.3 is 0 Å². The number of rotatable bonds is 1. The van der Waals surface area contributed by atoms with Crippen LogP contribution in [-0.4, -0.2) is 10.1 Å². The lowest BCUT2D eigenvalue weighted by molar-refractivity contribution is 0.426. The van der Waals surface area contributed by atoms with Crippen LogP contribution in [0.25, 0.3) is 11.5 Å². The predicted octanol–water partition coefficient (Wildman–Crippen LogP) is 3.12. The number of aryl methyl sites for hydroxylation is 2. The van der Waals surface area contributed by atoms with Crippen LogP contribution in [0.3, 0.4) is 0 Å². The van der Waals surface area contributed by atoms with E-state index in [1.165, 1.54) is 11.1 Å². The van der Waals surface area contributed by atoms with Gasteiger partial charge in [-0.05, 0) is 58.2 Å². The molecule has 0 unspecified atom stereocenters. The van der Waals surface area contributed by atoms with Gasteiger partial charge in [-0.1, -0.05) is 6.07 Å². The van der Waals surface area contributed by atoms with E-state index >= 15 is 0 Å². The van der Waals surface area contributed by atoms with Crippen molar-refractivity contribution >= 4 is 15.9 Å². The fourth-order valence-corrected chi connectivity index (χ4v) is 1.43. The number of nitrogens with zero attached hydrogens (tertiary/aromatic N) is 2. The smallest absolute Gasteiger partial charge is 0.258 e. The van der Waals surface area contributed by atoms with Gasteiger partial charge in [0.25, 0.3) is 5.89 Å². The minimum absolute atomic E-state index is 0.478. The Morgan fingerprint density at radius 3 is 2.57 bits per heavy atom. The van der Waals surface area contributed by atoms with E-state index in [0.717, 1.165) is 5.56 Å². The molecule has 0 saturated heterocycles. The van der Waals surface area contributed by atoms with E-state index in [2.05, 4.69) is 39.9 Å². The maximum Gasteiger partial charge on any atom is 0.258 e. The largest absolute Gasteiger partial charge is 0.333 e. The van der Waals surface area contributed by atoms with Gasteiger partial charge in [-0.2, -0.15) is 4.98 Å². The van der Waals surface area contributed by atoms with E-state index < -0.39 is 0 Å². The molecule has 2 aromatic rings. The number of benzene rings is 1. The summed E-state index contributed by atoms with van der Waals surface area (Å²) >= 11 is 3.15. The van der Waals surface area contributed by atoms with Crippen molar-refractivity contribution in [2.75, 3.05) is 0 Å². The van der Waals surface area contributed by atoms with Crippen LogP contribution in [0.15, 0.2) is 27.5 Å². The molecule has 2 rings (SSSR count). The summed E-state index contributed by atoms with van der Waals surface area (Å²) in [6.07, 6.45) is 0. The van der Waals surface area contributed by atoms with E-state index in [1.54, 1.807) is 0 Å². The monoisotopic (exact) mass is 252 g/mol. The maximum absolute atomic E-state index is 5.04. The number of hydrogen-bond acceptors (Lipinski definition) is 3. The standard InChI is InChI=1S/C10H9BrN2O/c1-6-3-4-8(5-7(6)2)9-12-10(11)13-14-9/h3-5H,1-2H3. The zero-order chi connectivity index (χ0) is 10.1. The number of hydrogen-bond donors (Lipinski definition) is 0. The van der Waals surface area contributed by atoms with Crippen LogP contribution in [0, 0.1) is 13.8 Å². The Bertz CT molecular complexity index is 465. The first kappa shape index (κ1) is 9.40. The molecule has 0 spiro atoms. The van der Waals surface area contributed by atoms with Crippen LogP contribution in [0.4, 0.5) is 0 Å². The van der Waals surface area contributed by atoms with Crippen molar-refractivity contribution in [1.82, 2.24) is 10.1 Å². The topological polar surface area (TPSA) is 38.9 Å². The first-order valence-corrected chi connectivity index (χ1v) is 5.03. The Hall–Kier alpha value is -1.16. The normalized spacial score (nSPS) is 10.5. The van der Waals surface area contributed by atoms with Gasteiger partial charge in [-0.15, -0.1) is 0 Å². The van der Waals surface area contributed by atoms with Crippen LogP contribution < -0.4 is 0 Å². The predicted molar refractivity (Wildman–Crippen MR) is 56.9 cm³/mol. The number of halogens is 1. The second-order valence-corrected chi connectivity index (χ2v) is 3.88. The lowest BCUT2D eigenvalue weighted by atomic mass is 10.1. The Kier molecular flexibility index (Phi) is 2.37. The lowest BCUT2D eigenvalue weighted by Crippen LogP contribution is -1.83. The highest BCUT2D eigenvalue weighted by Gasteiger charge is 2.07. The van der Waals surface area contributed by atoms with E-state index in [0.29, 0.717) is 10.6 Å². The summed E-state index contributed by atoms with van der Waals surface area (Å²) in [5.74, 6) is 0.542. The third-order valence-corrected chi connectivity index (χ3v) is 2.48. The fourth-order valence-electron chi connectivity index (χ4n) is 1.20. The molecule has 0 saturated carbocycles. The minimum atomic E-state index is 0.478. The summed E-state index contributed by atoms with van der Waals surface area (Å²) in [5, 5.41) is 3.68. The summed E-state index contributed by atoms with van der Waals surface area (Å²) in [5.41, 5.74) is 3.43. The molecule has 0 fully saturated rings. The minimum Gasteiger partial charge on any atom is -0.333 e. The molecule has 1 aromatic carbocycles. The van der Waals surface area contributed by atoms with E-state index in [-0.39, 0.29) is 0 Å². The van der Waals surface area contributed by atoms with Gasteiger partial charge in [0.2, 0.25) is 4.73 Å². The van der Waals surface area contributed by atoms with Crippen LogP contribution in [0.1, 0.15) is 11.1 Å². The van der Waals surface area contributed by atoms with Gasteiger partial charge in [0.05, 0.1) is 0 Å². The maximum atomic E-state index is 5.04. The summed E-state index contributed by atoms with van der Waals surface area (Å²) in [6.45, 7) is 4.13. The van der Waals surface area contributed by atoms with Gasteiger partial charge in [-0.25, -0.2) is 0 Å². The molecule has 4 heteroatoms. The van der Waals surface area contributed by atoms with Crippen molar-refractivity contribution in [1.29, 1.82) is 0 Å². The van der Waals surface area contributed by atoms with Crippen LogP contribution in [0.5, 0.6) is 0 Å². The van der Waals surface area contributed by atoms with Crippen LogP contribution >= 0.6 is 15.9 Å². The molecule has 0 atom stereocenters. The van der Waals surface area contributed by atoms with Crippen molar-refractivity contribution in [3.8, 4) is 11.5 Å². The molecule has 0 amide bonds. The highest BCUT2D eigenvalue weighted by atomic mass is 79.9. The molecule has 0 aliphatic rings. The fraction of sp³-hybridized carbons (Fsp3) is 0.200. The second-order valence-electron chi connectivity index (χ2n) is 3.17.